The molecule has 0 bridgehead atoms. The van der Waals surface area contributed by atoms with Crippen molar-refractivity contribution in [1.29, 1.82) is 0 Å². The summed E-state index contributed by atoms with van der Waals surface area (Å²) in [4.78, 5) is 27.4. The Labute approximate surface area is 134 Å². The summed E-state index contributed by atoms with van der Waals surface area (Å²) in [6.45, 7) is 9.52. The van der Waals surface area contributed by atoms with E-state index in [4.69, 9.17) is 5.73 Å². The largest absolute Gasteiger partial charge is 0.351 e. The van der Waals surface area contributed by atoms with Gasteiger partial charge in [-0.25, -0.2) is 4.79 Å². The summed E-state index contributed by atoms with van der Waals surface area (Å²) >= 11 is 0. The molecule has 2 fully saturated rings. The summed E-state index contributed by atoms with van der Waals surface area (Å²) in [5.41, 5.74) is 5.69. The minimum atomic E-state index is -0.378. The average molecular weight is 309 g/mol. The second-order valence-corrected chi connectivity index (χ2v) is 8.04. The quantitative estimate of drug-likeness (QED) is 0.851. The first kappa shape index (κ1) is 17.1. The first-order valence-corrected chi connectivity index (χ1v) is 8.59. The lowest BCUT2D eigenvalue weighted by Crippen LogP contribution is -2.40. The molecule has 2 N–H and O–H groups in total. The first-order valence-electron chi connectivity index (χ1n) is 8.59. The number of urea groups is 1. The van der Waals surface area contributed by atoms with Crippen LogP contribution in [0.15, 0.2) is 0 Å². The second-order valence-electron chi connectivity index (χ2n) is 8.04. The van der Waals surface area contributed by atoms with Crippen LogP contribution in [0.3, 0.4) is 0 Å². The van der Waals surface area contributed by atoms with Gasteiger partial charge in [-0.15, -0.1) is 0 Å². The van der Waals surface area contributed by atoms with Crippen LogP contribution in [0, 0.1) is 17.3 Å². The third kappa shape index (κ3) is 4.62. The van der Waals surface area contributed by atoms with E-state index in [0.717, 1.165) is 25.8 Å². The van der Waals surface area contributed by atoms with Gasteiger partial charge in [0.15, 0.2) is 0 Å². The topological polar surface area (TPSA) is 66.6 Å². The third-order valence-corrected chi connectivity index (χ3v) is 5.10. The van der Waals surface area contributed by atoms with Crippen molar-refractivity contribution in [2.24, 2.45) is 23.0 Å². The fourth-order valence-corrected chi connectivity index (χ4v) is 4.46. The van der Waals surface area contributed by atoms with E-state index in [1.54, 1.807) is 4.90 Å². The fraction of sp³-hybridized carbons (Fsp3) is 0.882. The SMILES string of the molecule is CC1CC(CC(=O)N2CCCN(C(N)=O)CC2)CC(C)(C)C1. The van der Waals surface area contributed by atoms with Crippen LogP contribution in [0.1, 0.15) is 52.9 Å². The molecule has 2 atom stereocenters. The van der Waals surface area contributed by atoms with Crippen LogP contribution in [0.2, 0.25) is 0 Å². The van der Waals surface area contributed by atoms with Crippen LogP contribution >= 0.6 is 0 Å². The minimum Gasteiger partial charge on any atom is -0.351 e. The molecule has 3 amide bonds. The van der Waals surface area contributed by atoms with Crippen LogP contribution in [-0.4, -0.2) is 47.9 Å². The van der Waals surface area contributed by atoms with E-state index in [-0.39, 0.29) is 11.9 Å². The van der Waals surface area contributed by atoms with Crippen molar-refractivity contribution in [3.05, 3.63) is 0 Å². The van der Waals surface area contributed by atoms with Crippen molar-refractivity contribution >= 4 is 11.9 Å². The van der Waals surface area contributed by atoms with Crippen molar-refractivity contribution < 1.29 is 9.59 Å². The van der Waals surface area contributed by atoms with E-state index in [2.05, 4.69) is 20.8 Å². The summed E-state index contributed by atoms with van der Waals surface area (Å²) in [6, 6.07) is -0.378. The summed E-state index contributed by atoms with van der Waals surface area (Å²) in [6.07, 6.45) is 5.04. The zero-order valence-corrected chi connectivity index (χ0v) is 14.3. The molecule has 5 nitrogen and oxygen atoms in total. The van der Waals surface area contributed by atoms with Crippen LogP contribution in [0.5, 0.6) is 0 Å². The van der Waals surface area contributed by atoms with Gasteiger partial charge >= 0.3 is 6.03 Å². The molecular weight excluding hydrogens is 278 g/mol. The van der Waals surface area contributed by atoms with Gasteiger partial charge in [0.2, 0.25) is 5.91 Å². The number of amides is 3. The summed E-state index contributed by atoms with van der Waals surface area (Å²) < 4.78 is 0. The van der Waals surface area contributed by atoms with Crippen molar-refractivity contribution in [2.75, 3.05) is 26.2 Å². The first-order chi connectivity index (χ1) is 10.3. The van der Waals surface area contributed by atoms with Crippen LogP contribution in [-0.2, 0) is 4.79 Å². The molecule has 0 aromatic carbocycles. The zero-order chi connectivity index (χ0) is 16.3. The average Bonchev–Trinajstić information content (AvgIpc) is 2.61. The number of carbonyl (C=O) groups is 2. The van der Waals surface area contributed by atoms with Gasteiger partial charge in [-0.3, -0.25) is 4.79 Å². The molecule has 2 aliphatic rings. The highest BCUT2D eigenvalue weighted by Gasteiger charge is 2.33. The van der Waals surface area contributed by atoms with Crippen molar-refractivity contribution in [3.63, 3.8) is 0 Å². The maximum absolute atomic E-state index is 12.6. The number of carbonyl (C=O) groups excluding carboxylic acids is 2. The Bertz CT molecular complexity index is 422. The molecule has 22 heavy (non-hydrogen) atoms. The predicted molar refractivity (Wildman–Crippen MR) is 87.3 cm³/mol. The number of hydrogen-bond acceptors (Lipinski definition) is 2. The maximum Gasteiger partial charge on any atom is 0.314 e. The molecule has 2 rings (SSSR count). The highest BCUT2D eigenvalue weighted by atomic mass is 16.2. The van der Waals surface area contributed by atoms with Gasteiger partial charge in [-0.1, -0.05) is 20.8 Å². The lowest BCUT2D eigenvalue weighted by atomic mass is 9.67. The van der Waals surface area contributed by atoms with Gasteiger partial charge in [0.1, 0.15) is 0 Å². The van der Waals surface area contributed by atoms with E-state index >= 15 is 0 Å². The highest BCUT2D eigenvalue weighted by Crippen LogP contribution is 2.42. The summed E-state index contributed by atoms with van der Waals surface area (Å²) in [7, 11) is 0. The number of rotatable bonds is 2. The molecule has 1 saturated carbocycles. The zero-order valence-electron chi connectivity index (χ0n) is 14.3. The van der Waals surface area contributed by atoms with Crippen LogP contribution in [0.25, 0.3) is 0 Å². The molecule has 1 aliphatic heterocycles. The third-order valence-electron chi connectivity index (χ3n) is 5.10. The number of nitrogens with zero attached hydrogens (tertiary/aromatic N) is 2. The lowest BCUT2D eigenvalue weighted by molar-refractivity contribution is -0.132. The Morgan fingerprint density at radius 3 is 2.36 bits per heavy atom. The second kappa shape index (κ2) is 6.88. The van der Waals surface area contributed by atoms with Gasteiger partial charge in [-0.2, -0.15) is 0 Å². The molecule has 1 aliphatic carbocycles. The number of primary amides is 1. The van der Waals surface area contributed by atoms with Crippen LogP contribution < -0.4 is 5.73 Å². The monoisotopic (exact) mass is 309 g/mol. The standard InChI is InChI=1S/C17H31N3O2/c1-13-9-14(12-17(2,3)11-13)10-15(21)19-5-4-6-20(8-7-19)16(18)22/h13-14H,4-12H2,1-3H3,(H2,18,22). The van der Waals surface area contributed by atoms with E-state index in [0.29, 0.717) is 43.3 Å². The lowest BCUT2D eigenvalue weighted by Gasteiger charge is -2.39. The summed E-state index contributed by atoms with van der Waals surface area (Å²) in [5, 5.41) is 0. The van der Waals surface area contributed by atoms with Gasteiger partial charge < -0.3 is 15.5 Å². The molecule has 0 spiro atoms. The molecule has 0 aromatic rings. The normalized spacial score (nSPS) is 29.0. The molecule has 126 valence electrons. The maximum atomic E-state index is 12.6. The van der Waals surface area contributed by atoms with E-state index in [1.807, 2.05) is 4.90 Å². The van der Waals surface area contributed by atoms with Gasteiger partial charge in [0.25, 0.3) is 0 Å². The fourth-order valence-electron chi connectivity index (χ4n) is 4.46. The number of nitrogens with two attached hydrogens (primary N) is 1. The Kier molecular flexibility index (Phi) is 5.35. The van der Waals surface area contributed by atoms with Gasteiger partial charge in [0, 0.05) is 32.6 Å². The van der Waals surface area contributed by atoms with E-state index in [9.17, 15) is 9.59 Å². The van der Waals surface area contributed by atoms with Crippen molar-refractivity contribution in [2.45, 2.75) is 52.9 Å². The summed E-state index contributed by atoms with van der Waals surface area (Å²) in [5.74, 6) is 1.46. The Hall–Kier alpha value is -1.26. The number of hydrogen-bond donors (Lipinski definition) is 1. The Morgan fingerprint density at radius 2 is 1.73 bits per heavy atom. The highest BCUT2D eigenvalue weighted by molar-refractivity contribution is 5.77. The minimum absolute atomic E-state index is 0.251. The van der Waals surface area contributed by atoms with E-state index < -0.39 is 0 Å². The smallest absolute Gasteiger partial charge is 0.314 e. The van der Waals surface area contributed by atoms with Crippen LogP contribution in [0.4, 0.5) is 4.79 Å². The van der Waals surface area contributed by atoms with Gasteiger partial charge in [-0.05, 0) is 42.9 Å². The Morgan fingerprint density at radius 1 is 1.09 bits per heavy atom. The van der Waals surface area contributed by atoms with Crippen molar-refractivity contribution in [1.82, 2.24) is 9.80 Å². The van der Waals surface area contributed by atoms with Gasteiger partial charge in [0.05, 0.1) is 0 Å². The molecule has 0 radical (unpaired) electrons. The molecule has 0 aromatic heterocycles. The molecular formula is C17H31N3O2. The van der Waals surface area contributed by atoms with E-state index in [1.165, 1.54) is 6.42 Å². The predicted octanol–water partition coefficient (Wildman–Crippen LogP) is 2.45. The molecule has 1 saturated heterocycles. The molecule has 1 heterocycles. The molecule has 2 unspecified atom stereocenters. The molecule has 5 heteroatoms. The van der Waals surface area contributed by atoms with Crippen molar-refractivity contribution in [3.8, 4) is 0 Å². The Balaban J connectivity index is 1.88.